The lowest BCUT2D eigenvalue weighted by Gasteiger charge is -2.32. The highest BCUT2D eigenvalue weighted by Crippen LogP contribution is 2.17. The number of hydrogen-bond acceptors (Lipinski definition) is 4. The summed E-state index contributed by atoms with van der Waals surface area (Å²) >= 11 is 0. The van der Waals surface area contributed by atoms with Crippen molar-refractivity contribution in [3.63, 3.8) is 0 Å². The Balaban J connectivity index is 1.53. The van der Waals surface area contributed by atoms with Gasteiger partial charge in [0.05, 0.1) is 5.56 Å². The van der Waals surface area contributed by atoms with Crippen LogP contribution in [0.15, 0.2) is 48.7 Å². The van der Waals surface area contributed by atoms with Gasteiger partial charge in [-0.1, -0.05) is 30.3 Å². The largest absolute Gasteiger partial charge is 0.362 e. The Kier molecular flexibility index (Phi) is 5.66. The van der Waals surface area contributed by atoms with E-state index in [-0.39, 0.29) is 11.9 Å². The molecule has 1 aromatic heterocycles. The maximum Gasteiger partial charge on any atom is 0.255 e. The van der Waals surface area contributed by atoms with Crippen molar-refractivity contribution in [1.82, 2.24) is 15.2 Å². The fraction of sp³-hybridized carbons (Fsp3) is 0.400. The Morgan fingerprint density at radius 1 is 1.16 bits per heavy atom. The lowest BCUT2D eigenvalue weighted by atomic mass is 10.0. The summed E-state index contributed by atoms with van der Waals surface area (Å²) in [7, 11) is 3.81. The lowest BCUT2D eigenvalue weighted by molar-refractivity contribution is 0.0909. The van der Waals surface area contributed by atoms with Crippen LogP contribution in [0.1, 0.15) is 28.8 Å². The van der Waals surface area contributed by atoms with Crippen LogP contribution in [-0.2, 0) is 6.54 Å². The highest BCUT2D eigenvalue weighted by atomic mass is 16.1. The molecule has 1 aliphatic heterocycles. The molecule has 1 amide bonds. The number of likely N-dealkylation sites (tertiary alicyclic amines) is 1. The van der Waals surface area contributed by atoms with E-state index in [4.69, 9.17) is 0 Å². The summed E-state index contributed by atoms with van der Waals surface area (Å²) in [6, 6.07) is 14.4. The number of carbonyl (C=O) groups excluding carboxylic acids is 1. The number of piperidine rings is 1. The molecule has 132 valence electrons. The van der Waals surface area contributed by atoms with Gasteiger partial charge < -0.3 is 10.2 Å². The molecule has 0 spiro atoms. The van der Waals surface area contributed by atoms with Gasteiger partial charge in [-0.25, -0.2) is 4.98 Å². The molecule has 1 aromatic carbocycles. The molecule has 0 saturated carbocycles. The molecule has 0 atom stereocenters. The van der Waals surface area contributed by atoms with Gasteiger partial charge in [-0.3, -0.25) is 9.69 Å². The number of aromatic nitrogens is 1. The third-order valence-corrected chi connectivity index (χ3v) is 4.63. The van der Waals surface area contributed by atoms with E-state index in [1.807, 2.05) is 37.2 Å². The zero-order valence-electron chi connectivity index (χ0n) is 15.0. The Labute approximate surface area is 149 Å². The second kappa shape index (κ2) is 8.12. The number of carbonyl (C=O) groups is 1. The minimum Gasteiger partial charge on any atom is -0.362 e. The summed E-state index contributed by atoms with van der Waals surface area (Å²) in [6.45, 7) is 3.00. The van der Waals surface area contributed by atoms with Crippen molar-refractivity contribution in [1.29, 1.82) is 0 Å². The Bertz CT molecular complexity index is 694. The fourth-order valence-corrected chi connectivity index (χ4v) is 3.27. The second-order valence-electron chi connectivity index (χ2n) is 6.78. The van der Waals surface area contributed by atoms with Gasteiger partial charge in [-0.2, -0.15) is 0 Å². The number of nitrogens with one attached hydrogen (secondary N) is 1. The molecule has 1 fully saturated rings. The molecule has 0 radical (unpaired) electrons. The predicted molar refractivity (Wildman–Crippen MR) is 101 cm³/mol. The molecular formula is C20H26N4O. The molecule has 0 aliphatic carbocycles. The van der Waals surface area contributed by atoms with E-state index in [2.05, 4.69) is 39.5 Å². The van der Waals surface area contributed by atoms with Crippen LogP contribution < -0.4 is 10.2 Å². The molecule has 5 heteroatoms. The van der Waals surface area contributed by atoms with Crippen molar-refractivity contribution in [3.05, 3.63) is 59.8 Å². The average molecular weight is 338 g/mol. The summed E-state index contributed by atoms with van der Waals surface area (Å²) in [5.41, 5.74) is 1.98. The highest BCUT2D eigenvalue weighted by Gasteiger charge is 2.22. The molecule has 2 heterocycles. The van der Waals surface area contributed by atoms with Gasteiger partial charge in [0.2, 0.25) is 0 Å². The number of benzene rings is 1. The predicted octanol–water partition coefficient (Wildman–Crippen LogP) is 2.54. The smallest absolute Gasteiger partial charge is 0.255 e. The molecule has 0 unspecified atom stereocenters. The third kappa shape index (κ3) is 4.57. The topological polar surface area (TPSA) is 48.5 Å². The van der Waals surface area contributed by atoms with Crippen LogP contribution in [-0.4, -0.2) is 49.0 Å². The van der Waals surface area contributed by atoms with Crippen molar-refractivity contribution in [2.24, 2.45) is 0 Å². The number of pyridine rings is 1. The first-order valence-electron chi connectivity index (χ1n) is 8.83. The van der Waals surface area contributed by atoms with Crippen molar-refractivity contribution < 1.29 is 4.79 Å². The van der Waals surface area contributed by atoms with E-state index in [9.17, 15) is 4.79 Å². The van der Waals surface area contributed by atoms with Gasteiger partial charge in [0.1, 0.15) is 5.82 Å². The lowest BCUT2D eigenvalue weighted by Crippen LogP contribution is -2.44. The van der Waals surface area contributed by atoms with E-state index in [0.29, 0.717) is 11.4 Å². The summed E-state index contributed by atoms with van der Waals surface area (Å²) in [5, 5.41) is 3.18. The molecule has 0 bridgehead atoms. The molecule has 1 aliphatic rings. The number of hydrogen-bond donors (Lipinski definition) is 1. The van der Waals surface area contributed by atoms with Gasteiger partial charge in [-0.15, -0.1) is 0 Å². The summed E-state index contributed by atoms with van der Waals surface area (Å²) in [4.78, 5) is 21.3. The second-order valence-corrected chi connectivity index (χ2v) is 6.78. The first-order valence-corrected chi connectivity index (χ1v) is 8.83. The van der Waals surface area contributed by atoms with Crippen molar-refractivity contribution in [3.8, 4) is 0 Å². The van der Waals surface area contributed by atoms with E-state index in [1.165, 1.54) is 5.56 Å². The van der Waals surface area contributed by atoms with Gasteiger partial charge in [-0.05, 0) is 30.5 Å². The minimum atomic E-state index is -0.0293. The van der Waals surface area contributed by atoms with Crippen LogP contribution in [0.5, 0.6) is 0 Å². The Morgan fingerprint density at radius 3 is 2.56 bits per heavy atom. The van der Waals surface area contributed by atoms with Crippen LogP contribution in [0.3, 0.4) is 0 Å². The van der Waals surface area contributed by atoms with Gasteiger partial charge in [0.15, 0.2) is 0 Å². The van der Waals surface area contributed by atoms with Crippen molar-refractivity contribution >= 4 is 11.7 Å². The minimum absolute atomic E-state index is 0.0293. The molecule has 25 heavy (non-hydrogen) atoms. The van der Waals surface area contributed by atoms with E-state index >= 15 is 0 Å². The normalized spacial score (nSPS) is 15.8. The average Bonchev–Trinajstić information content (AvgIpc) is 2.64. The third-order valence-electron chi connectivity index (χ3n) is 4.63. The van der Waals surface area contributed by atoms with Crippen LogP contribution in [0, 0.1) is 0 Å². The van der Waals surface area contributed by atoms with Gasteiger partial charge in [0.25, 0.3) is 5.91 Å². The summed E-state index contributed by atoms with van der Waals surface area (Å²) < 4.78 is 0. The summed E-state index contributed by atoms with van der Waals surface area (Å²) in [5.74, 6) is 0.680. The number of nitrogens with zero attached hydrogens (tertiary/aromatic N) is 3. The van der Waals surface area contributed by atoms with Crippen LogP contribution in [0.25, 0.3) is 0 Å². The molecular weight excluding hydrogens is 312 g/mol. The van der Waals surface area contributed by atoms with Gasteiger partial charge >= 0.3 is 0 Å². The Hall–Kier alpha value is -2.40. The molecule has 5 nitrogen and oxygen atoms in total. The molecule has 3 rings (SSSR count). The summed E-state index contributed by atoms with van der Waals surface area (Å²) in [6.07, 6.45) is 3.68. The van der Waals surface area contributed by atoms with E-state index in [0.717, 1.165) is 32.5 Å². The molecule has 1 N–H and O–H groups in total. The fourth-order valence-electron chi connectivity index (χ4n) is 3.27. The monoisotopic (exact) mass is 338 g/mol. The number of anilines is 1. The van der Waals surface area contributed by atoms with Crippen molar-refractivity contribution in [2.75, 3.05) is 32.1 Å². The zero-order valence-corrected chi connectivity index (χ0v) is 15.0. The van der Waals surface area contributed by atoms with E-state index < -0.39 is 0 Å². The highest BCUT2D eigenvalue weighted by molar-refractivity contribution is 5.99. The van der Waals surface area contributed by atoms with Gasteiger partial charge in [0, 0.05) is 46.0 Å². The standard InChI is InChI=1S/C20H26N4O/c1-23(2)19-18(9-6-12-21-19)20(25)22-17-10-13-24(14-11-17)15-16-7-4-3-5-8-16/h3-9,12,17H,10-11,13-15H2,1-2H3,(H,22,25). The van der Waals surface area contributed by atoms with Crippen LogP contribution in [0.4, 0.5) is 5.82 Å². The maximum absolute atomic E-state index is 12.6. The molecule has 2 aromatic rings. The van der Waals surface area contributed by atoms with Crippen LogP contribution in [0.2, 0.25) is 0 Å². The number of amides is 1. The maximum atomic E-state index is 12.6. The van der Waals surface area contributed by atoms with Crippen molar-refractivity contribution in [2.45, 2.75) is 25.4 Å². The quantitative estimate of drug-likeness (QED) is 0.910. The Morgan fingerprint density at radius 2 is 1.88 bits per heavy atom. The van der Waals surface area contributed by atoms with Crippen LogP contribution >= 0.6 is 0 Å². The first-order chi connectivity index (χ1) is 12.1. The van der Waals surface area contributed by atoms with E-state index in [1.54, 1.807) is 6.20 Å². The zero-order chi connectivity index (χ0) is 17.6. The SMILES string of the molecule is CN(C)c1ncccc1C(=O)NC1CCN(Cc2ccccc2)CC1. The molecule has 1 saturated heterocycles. The first kappa shape index (κ1) is 17.4. The number of rotatable bonds is 5.